The number of amides is 1. The van der Waals surface area contributed by atoms with Crippen LogP contribution in [0.5, 0.6) is 11.5 Å². The summed E-state index contributed by atoms with van der Waals surface area (Å²) >= 11 is 0. The number of hydrogen-bond acceptors (Lipinski definition) is 10. The molecule has 0 saturated carbocycles. The van der Waals surface area contributed by atoms with E-state index in [-0.39, 0.29) is 52.7 Å². The Kier molecular flexibility index (Phi) is 10.3. The molecule has 240 valence electrons. The minimum atomic E-state index is -3.87. The molecular formula is C29H36F2N4O8S. The number of halogens is 2. The molecule has 0 bridgehead atoms. The quantitative estimate of drug-likeness (QED) is 0.281. The van der Waals surface area contributed by atoms with Crippen LogP contribution in [0.25, 0.3) is 10.9 Å². The molecule has 0 spiro atoms. The Morgan fingerprint density at radius 3 is 2.30 bits per heavy atom. The van der Waals surface area contributed by atoms with Crippen molar-refractivity contribution in [3.63, 3.8) is 0 Å². The second-order valence-corrected chi connectivity index (χ2v) is 12.4. The monoisotopic (exact) mass is 638 g/mol. The predicted octanol–water partition coefficient (Wildman–Crippen LogP) is 4.24. The first-order valence-corrected chi connectivity index (χ1v) is 15.8. The van der Waals surface area contributed by atoms with Crippen LogP contribution in [-0.2, 0) is 19.0 Å². The van der Waals surface area contributed by atoms with Crippen molar-refractivity contribution >= 4 is 38.5 Å². The number of methoxy groups -OCH3 is 2. The van der Waals surface area contributed by atoms with Crippen molar-refractivity contribution in [3.05, 3.63) is 52.6 Å². The first-order chi connectivity index (χ1) is 20.8. The maximum Gasteiger partial charge on any atom is 0.409 e. The van der Waals surface area contributed by atoms with Crippen molar-refractivity contribution < 1.29 is 40.4 Å². The summed E-state index contributed by atoms with van der Waals surface area (Å²) in [6, 6.07) is 5.28. The van der Waals surface area contributed by atoms with E-state index < -0.39 is 34.0 Å². The van der Waals surface area contributed by atoms with Gasteiger partial charge in [-0.25, -0.2) is 18.6 Å². The minimum absolute atomic E-state index is 0.169. The van der Waals surface area contributed by atoms with Gasteiger partial charge in [-0.1, -0.05) is 13.8 Å². The molecule has 1 aromatic heterocycles. The van der Waals surface area contributed by atoms with Gasteiger partial charge in [0.2, 0.25) is 0 Å². The number of benzene rings is 2. The molecule has 0 atom stereocenters. The summed E-state index contributed by atoms with van der Waals surface area (Å²) in [5, 5.41) is 0.175. The molecule has 1 aliphatic heterocycles. The topological polar surface area (TPSA) is 130 Å². The SMILES string of the molecule is COc1cc(OC)c(F)c(N(CCOS(C)(=O)=O)c2ccc3ncn(C4CCN(C(=O)OCC(C)C)CC4)c(=O)c3c2)c1F. The first kappa shape index (κ1) is 32.9. The van der Waals surface area contributed by atoms with E-state index in [1.807, 2.05) is 13.8 Å². The van der Waals surface area contributed by atoms with Crippen molar-refractivity contribution in [3.8, 4) is 11.5 Å². The van der Waals surface area contributed by atoms with Gasteiger partial charge in [-0.05, 0) is 37.0 Å². The van der Waals surface area contributed by atoms with Gasteiger partial charge in [0, 0.05) is 37.4 Å². The van der Waals surface area contributed by atoms with E-state index in [1.165, 1.54) is 43.3 Å². The van der Waals surface area contributed by atoms with Gasteiger partial charge in [0.15, 0.2) is 23.1 Å². The van der Waals surface area contributed by atoms with Gasteiger partial charge in [0.25, 0.3) is 15.7 Å². The number of hydrogen-bond donors (Lipinski definition) is 0. The zero-order valence-electron chi connectivity index (χ0n) is 25.2. The Balaban J connectivity index is 1.71. The minimum Gasteiger partial charge on any atom is -0.493 e. The number of carbonyl (C=O) groups excluding carboxylic acids is 1. The Hall–Kier alpha value is -3.98. The molecule has 3 aromatic rings. The fraction of sp³-hybridized carbons (Fsp3) is 0.483. The van der Waals surface area contributed by atoms with Crippen molar-refractivity contribution in [1.82, 2.24) is 14.5 Å². The zero-order valence-corrected chi connectivity index (χ0v) is 26.0. The molecule has 12 nitrogen and oxygen atoms in total. The number of likely N-dealkylation sites (tertiary alicyclic amines) is 1. The van der Waals surface area contributed by atoms with E-state index in [1.54, 1.807) is 4.90 Å². The largest absolute Gasteiger partial charge is 0.493 e. The highest BCUT2D eigenvalue weighted by molar-refractivity contribution is 7.85. The summed E-state index contributed by atoms with van der Waals surface area (Å²) in [5.41, 5.74) is -0.448. The van der Waals surface area contributed by atoms with Crippen molar-refractivity contribution in [1.29, 1.82) is 0 Å². The second kappa shape index (κ2) is 13.8. The van der Waals surface area contributed by atoms with Gasteiger partial charge in [-0.3, -0.25) is 13.5 Å². The second-order valence-electron chi connectivity index (χ2n) is 10.8. The highest BCUT2D eigenvalue weighted by Gasteiger charge is 2.28. The molecule has 1 fully saturated rings. The van der Waals surface area contributed by atoms with Gasteiger partial charge in [0.05, 0.1) is 50.9 Å². The summed E-state index contributed by atoms with van der Waals surface area (Å²) < 4.78 is 76.3. The van der Waals surface area contributed by atoms with Crippen LogP contribution < -0.4 is 19.9 Å². The number of aromatic nitrogens is 2. The van der Waals surface area contributed by atoms with Crippen molar-refractivity contribution in [2.75, 3.05) is 58.2 Å². The molecule has 2 aromatic carbocycles. The molecule has 1 amide bonds. The highest BCUT2D eigenvalue weighted by Crippen LogP contribution is 2.40. The number of anilines is 2. The predicted molar refractivity (Wildman–Crippen MR) is 159 cm³/mol. The lowest BCUT2D eigenvalue weighted by Gasteiger charge is -2.32. The number of rotatable bonds is 11. The van der Waals surface area contributed by atoms with Gasteiger partial charge >= 0.3 is 6.09 Å². The van der Waals surface area contributed by atoms with Gasteiger partial charge in [0.1, 0.15) is 5.69 Å². The number of piperidine rings is 1. The smallest absolute Gasteiger partial charge is 0.409 e. The summed E-state index contributed by atoms with van der Waals surface area (Å²) in [6.45, 7) is 4.25. The highest BCUT2D eigenvalue weighted by atomic mass is 32.2. The Morgan fingerprint density at radius 1 is 1.09 bits per heavy atom. The molecule has 15 heteroatoms. The number of fused-ring (bicyclic) bond motifs is 1. The maximum absolute atomic E-state index is 15.6. The molecule has 0 aliphatic carbocycles. The van der Waals surface area contributed by atoms with Gasteiger partial charge in [-0.2, -0.15) is 8.42 Å². The third kappa shape index (κ3) is 7.38. The first-order valence-electron chi connectivity index (χ1n) is 14.0. The Morgan fingerprint density at radius 2 is 1.73 bits per heavy atom. The molecule has 0 N–H and O–H groups in total. The Labute approximate surface area is 254 Å². The molecular weight excluding hydrogens is 602 g/mol. The van der Waals surface area contributed by atoms with E-state index in [2.05, 4.69) is 4.98 Å². The average molecular weight is 639 g/mol. The van der Waals surface area contributed by atoms with E-state index >= 15 is 8.78 Å². The average Bonchev–Trinajstić information content (AvgIpc) is 2.99. The summed E-state index contributed by atoms with van der Waals surface area (Å²) in [4.78, 5) is 33.3. The van der Waals surface area contributed by atoms with Crippen LogP contribution in [0.4, 0.5) is 25.0 Å². The normalized spacial score (nSPS) is 14.2. The van der Waals surface area contributed by atoms with Crippen molar-refractivity contribution in [2.24, 2.45) is 5.92 Å². The molecule has 2 heterocycles. The van der Waals surface area contributed by atoms with E-state index in [4.69, 9.17) is 18.4 Å². The molecule has 44 heavy (non-hydrogen) atoms. The van der Waals surface area contributed by atoms with E-state index in [0.29, 0.717) is 38.1 Å². The van der Waals surface area contributed by atoms with Gasteiger partial charge < -0.3 is 24.0 Å². The Bertz CT molecular complexity index is 1650. The van der Waals surface area contributed by atoms with Crippen LogP contribution in [0.1, 0.15) is 32.7 Å². The summed E-state index contributed by atoms with van der Waals surface area (Å²) in [7, 11) is -1.45. The standard InChI is InChI=1S/C29H36F2N4O8S/c1-18(2)16-42-29(37)33-10-8-19(9-11-33)35-17-32-22-7-6-20(14-21(22)28(35)36)34(12-13-43-44(5,38)39)27-25(30)23(40-3)15-24(41-4)26(27)31/h6-7,14-15,17-19H,8-13,16H2,1-5H3. The fourth-order valence-corrected chi connectivity index (χ4v) is 5.34. The zero-order chi connectivity index (χ0) is 32.2. The molecule has 1 saturated heterocycles. The molecule has 0 radical (unpaired) electrons. The van der Waals surface area contributed by atoms with Crippen LogP contribution in [0.3, 0.4) is 0 Å². The lowest BCUT2D eigenvalue weighted by Crippen LogP contribution is -2.41. The third-order valence-electron chi connectivity index (χ3n) is 7.17. The van der Waals surface area contributed by atoms with Crippen LogP contribution in [0.15, 0.2) is 35.4 Å². The van der Waals surface area contributed by atoms with Crippen LogP contribution in [-0.4, -0.2) is 82.3 Å². The van der Waals surface area contributed by atoms with Crippen LogP contribution >= 0.6 is 0 Å². The molecule has 4 rings (SSSR count). The number of nitrogens with zero attached hydrogens (tertiary/aromatic N) is 4. The van der Waals surface area contributed by atoms with Gasteiger partial charge in [-0.15, -0.1) is 0 Å². The van der Waals surface area contributed by atoms with E-state index in [0.717, 1.165) is 17.2 Å². The lowest BCUT2D eigenvalue weighted by molar-refractivity contribution is 0.0795. The van der Waals surface area contributed by atoms with Crippen LogP contribution in [0, 0.1) is 17.6 Å². The fourth-order valence-electron chi connectivity index (χ4n) is 4.97. The lowest BCUT2D eigenvalue weighted by atomic mass is 10.0. The van der Waals surface area contributed by atoms with Crippen LogP contribution in [0.2, 0.25) is 0 Å². The number of carbonyl (C=O) groups is 1. The maximum atomic E-state index is 15.6. The van der Waals surface area contributed by atoms with Crippen molar-refractivity contribution in [2.45, 2.75) is 32.7 Å². The third-order valence-corrected chi connectivity index (χ3v) is 7.76. The number of ether oxygens (including phenoxy) is 3. The summed E-state index contributed by atoms with van der Waals surface area (Å²) in [5.74, 6) is -2.53. The summed E-state index contributed by atoms with van der Waals surface area (Å²) in [6.07, 6.45) is 2.92. The molecule has 1 aliphatic rings. The van der Waals surface area contributed by atoms with E-state index in [9.17, 15) is 18.0 Å². The molecule has 0 unspecified atom stereocenters.